The first-order chi connectivity index (χ1) is 12.9. The number of nitrogens with one attached hydrogen (secondary N) is 2. The molecule has 1 aromatic heterocycles. The molecule has 146 valence electrons. The second kappa shape index (κ2) is 8.50. The van der Waals surface area contributed by atoms with Crippen molar-refractivity contribution in [2.24, 2.45) is 0 Å². The Kier molecular flexibility index (Phi) is 6.29. The van der Waals surface area contributed by atoms with E-state index in [-0.39, 0.29) is 23.6 Å². The number of carbonyl (C=O) groups is 1. The summed E-state index contributed by atoms with van der Waals surface area (Å²) in [7, 11) is -3.67. The normalized spacial score (nSPS) is 16.3. The molecule has 1 aliphatic carbocycles. The third kappa shape index (κ3) is 5.37. The van der Waals surface area contributed by atoms with Crippen molar-refractivity contribution in [2.45, 2.75) is 36.9 Å². The molecule has 1 fully saturated rings. The topological polar surface area (TPSA) is 75.3 Å². The largest absolute Gasteiger partial charge is 0.354 e. The van der Waals surface area contributed by atoms with Crippen molar-refractivity contribution in [1.29, 1.82) is 0 Å². The Bertz CT molecular complexity index is 859. The molecule has 1 heterocycles. The molecular formula is C19H23FN2O3S2. The number of thiophene rings is 1. The van der Waals surface area contributed by atoms with Crippen LogP contribution >= 0.6 is 11.3 Å². The van der Waals surface area contributed by atoms with Gasteiger partial charge in [-0.25, -0.2) is 17.5 Å². The Morgan fingerprint density at radius 3 is 2.48 bits per heavy atom. The van der Waals surface area contributed by atoms with Crippen LogP contribution in [0.4, 0.5) is 4.39 Å². The minimum Gasteiger partial charge on any atom is -0.354 e. The van der Waals surface area contributed by atoms with E-state index >= 15 is 0 Å². The summed E-state index contributed by atoms with van der Waals surface area (Å²) in [6.45, 7) is 0.218. The van der Waals surface area contributed by atoms with Gasteiger partial charge in [0, 0.05) is 16.8 Å². The zero-order chi connectivity index (χ0) is 19.3. The van der Waals surface area contributed by atoms with Crippen LogP contribution in [0.15, 0.2) is 41.8 Å². The summed E-state index contributed by atoms with van der Waals surface area (Å²) in [6.07, 6.45) is 4.34. The smallest absolute Gasteiger partial charge is 0.235 e. The van der Waals surface area contributed by atoms with Gasteiger partial charge in [0.05, 0.1) is 12.3 Å². The van der Waals surface area contributed by atoms with E-state index in [9.17, 15) is 17.6 Å². The first-order valence-corrected chi connectivity index (χ1v) is 11.4. The van der Waals surface area contributed by atoms with Crippen molar-refractivity contribution in [3.63, 3.8) is 0 Å². The molecule has 0 atom stereocenters. The molecule has 2 N–H and O–H groups in total. The summed E-state index contributed by atoms with van der Waals surface area (Å²) in [5.41, 5.74) is 0.434. The molecule has 5 nitrogen and oxygen atoms in total. The van der Waals surface area contributed by atoms with Crippen molar-refractivity contribution in [3.8, 4) is 0 Å². The Morgan fingerprint density at radius 2 is 1.85 bits per heavy atom. The highest BCUT2D eigenvalue weighted by atomic mass is 32.2. The van der Waals surface area contributed by atoms with Gasteiger partial charge in [0.2, 0.25) is 15.9 Å². The minimum absolute atomic E-state index is 0.0309. The lowest BCUT2D eigenvalue weighted by atomic mass is 9.84. The number of rotatable bonds is 8. The number of amides is 1. The van der Waals surface area contributed by atoms with Gasteiger partial charge < -0.3 is 5.32 Å². The van der Waals surface area contributed by atoms with E-state index in [1.54, 1.807) is 11.3 Å². The van der Waals surface area contributed by atoms with Crippen molar-refractivity contribution < 1.29 is 17.6 Å². The maximum Gasteiger partial charge on any atom is 0.235 e. The van der Waals surface area contributed by atoms with Gasteiger partial charge in [0.15, 0.2) is 0 Å². The van der Waals surface area contributed by atoms with Crippen LogP contribution in [-0.4, -0.2) is 27.4 Å². The quantitative estimate of drug-likeness (QED) is 0.703. The number of hydrogen-bond acceptors (Lipinski definition) is 4. The molecule has 0 saturated heterocycles. The van der Waals surface area contributed by atoms with E-state index in [0.717, 1.165) is 25.7 Å². The van der Waals surface area contributed by atoms with Crippen molar-refractivity contribution in [2.75, 3.05) is 13.1 Å². The number of hydrogen-bond donors (Lipinski definition) is 2. The van der Waals surface area contributed by atoms with Crippen LogP contribution in [-0.2, 0) is 26.0 Å². The Morgan fingerprint density at radius 1 is 1.15 bits per heavy atom. The SMILES string of the molecule is O=C(CNS(=O)(=O)Cc1ccc(F)cc1)NCC1(c2cccs2)CCCC1. The van der Waals surface area contributed by atoms with E-state index in [0.29, 0.717) is 12.1 Å². The number of sulfonamides is 1. The lowest BCUT2D eigenvalue weighted by Gasteiger charge is -2.28. The molecule has 1 aromatic carbocycles. The van der Waals surface area contributed by atoms with Crippen LogP contribution in [0.25, 0.3) is 0 Å². The fourth-order valence-corrected chi connectivity index (χ4v) is 5.57. The highest BCUT2D eigenvalue weighted by molar-refractivity contribution is 7.88. The van der Waals surface area contributed by atoms with Gasteiger partial charge in [-0.05, 0) is 42.0 Å². The van der Waals surface area contributed by atoms with Gasteiger partial charge in [-0.2, -0.15) is 0 Å². The fourth-order valence-electron chi connectivity index (χ4n) is 3.50. The van der Waals surface area contributed by atoms with Crippen molar-refractivity contribution in [3.05, 3.63) is 58.0 Å². The number of benzene rings is 1. The minimum atomic E-state index is -3.67. The average molecular weight is 411 g/mol. The maximum atomic E-state index is 12.9. The average Bonchev–Trinajstić information content (AvgIpc) is 3.32. The van der Waals surface area contributed by atoms with E-state index in [4.69, 9.17) is 0 Å². The lowest BCUT2D eigenvalue weighted by molar-refractivity contribution is -0.120. The van der Waals surface area contributed by atoms with Gasteiger partial charge >= 0.3 is 0 Å². The van der Waals surface area contributed by atoms with Crippen molar-refractivity contribution in [1.82, 2.24) is 10.0 Å². The summed E-state index contributed by atoms with van der Waals surface area (Å²) >= 11 is 1.70. The Labute approximate surface area is 163 Å². The van der Waals surface area contributed by atoms with Gasteiger partial charge in [0.25, 0.3) is 0 Å². The fraction of sp³-hybridized carbons (Fsp3) is 0.421. The summed E-state index contributed by atoms with van der Waals surface area (Å²) in [4.78, 5) is 13.4. The Hall–Kier alpha value is -1.77. The zero-order valence-electron chi connectivity index (χ0n) is 14.9. The first-order valence-electron chi connectivity index (χ1n) is 8.91. The molecule has 0 bridgehead atoms. The van der Waals surface area contributed by atoms with Gasteiger partial charge in [-0.3, -0.25) is 4.79 Å². The molecule has 0 radical (unpaired) electrons. The molecular weight excluding hydrogens is 387 g/mol. The molecule has 3 rings (SSSR count). The van der Waals surface area contributed by atoms with Crippen LogP contribution in [0.5, 0.6) is 0 Å². The van der Waals surface area contributed by atoms with Crippen LogP contribution in [0, 0.1) is 5.82 Å². The van der Waals surface area contributed by atoms with Gasteiger partial charge in [0.1, 0.15) is 5.82 Å². The molecule has 1 saturated carbocycles. The number of halogens is 1. The lowest BCUT2D eigenvalue weighted by Crippen LogP contribution is -2.43. The highest BCUT2D eigenvalue weighted by Gasteiger charge is 2.36. The second-order valence-electron chi connectivity index (χ2n) is 6.95. The third-order valence-corrected chi connectivity index (χ3v) is 7.36. The number of carbonyl (C=O) groups excluding carboxylic acids is 1. The molecule has 1 amide bonds. The molecule has 0 unspecified atom stereocenters. The summed E-state index contributed by atoms with van der Waals surface area (Å²) in [6, 6.07) is 9.38. The van der Waals surface area contributed by atoms with Crippen LogP contribution in [0.1, 0.15) is 36.1 Å². The highest BCUT2D eigenvalue weighted by Crippen LogP contribution is 2.42. The van der Waals surface area contributed by atoms with E-state index in [2.05, 4.69) is 16.1 Å². The predicted molar refractivity (Wildman–Crippen MR) is 105 cm³/mol. The van der Waals surface area contributed by atoms with E-state index in [1.807, 2.05) is 11.4 Å². The van der Waals surface area contributed by atoms with E-state index in [1.165, 1.54) is 29.1 Å². The second-order valence-corrected chi connectivity index (χ2v) is 9.70. The Balaban J connectivity index is 1.51. The van der Waals surface area contributed by atoms with Crippen LogP contribution in [0.2, 0.25) is 0 Å². The zero-order valence-corrected chi connectivity index (χ0v) is 16.5. The maximum absolute atomic E-state index is 12.9. The predicted octanol–water partition coefficient (Wildman–Crippen LogP) is 2.93. The summed E-state index contributed by atoms with van der Waals surface area (Å²) in [5, 5.41) is 4.93. The van der Waals surface area contributed by atoms with Crippen LogP contribution < -0.4 is 10.0 Å². The summed E-state index contributed by atoms with van der Waals surface area (Å²) in [5.74, 6) is -1.06. The van der Waals surface area contributed by atoms with E-state index < -0.39 is 15.8 Å². The standard InChI is InChI=1S/C19H23FN2O3S2/c20-16-7-5-15(6-8-16)13-27(24,25)22-12-18(23)21-14-19(9-1-2-10-19)17-4-3-11-26-17/h3-8,11,22H,1-2,9-10,12-14H2,(H,21,23). The monoisotopic (exact) mass is 410 g/mol. The molecule has 1 aliphatic rings. The molecule has 8 heteroatoms. The molecule has 2 aromatic rings. The van der Waals surface area contributed by atoms with Gasteiger partial charge in [-0.15, -0.1) is 11.3 Å². The van der Waals surface area contributed by atoms with Crippen molar-refractivity contribution >= 4 is 27.3 Å². The van der Waals surface area contributed by atoms with Gasteiger partial charge in [-0.1, -0.05) is 31.0 Å². The van der Waals surface area contributed by atoms with Crippen LogP contribution in [0.3, 0.4) is 0 Å². The molecule has 0 aliphatic heterocycles. The summed E-state index contributed by atoms with van der Waals surface area (Å²) < 4.78 is 39.4. The first kappa shape index (κ1) is 20.0. The third-order valence-electron chi connectivity index (χ3n) is 4.95. The molecule has 0 spiro atoms. The molecule has 27 heavy (non-hydrogen) atoms.